The van der Waals surface area contributed by atoms with Crippen LogP contribution in [0.15, 0.2) is 24.3 Å². The molecule has 22 heavy (non-hydrogen) atoms. The number of benzene rings is 1. The predicted octanol–water partition coefficient (Wildman–Crippen LogP) is 4.76. The van der Waals surface area contributed by atoms with Crippen molar-refractivity contribution < 1.29 is 9.53 Å². The number of ether oxygens (including phenoxy) is 1. The summed E-state index contributed by atoms with van der Waals surface area (Å²) in [5.41, 5.74) is 3.02. The van der Waals surface area contributed by atoms with Crippen LogP contribution >= 0.6 is 0 Å². The number of hydrogen-bond acceptors (Lipinski definition) is 2. The van der Waals surface area contributed by atoms with Crippen molar-refractivity contribution in [2.75, 3.05) is 0 Å². The van der Waals surface area contributed by atoms with E-state index < -0.39 is 0 Å². The van der Waals surface area contributed by atoms with Crippen molar-refractivity contribution in [2.45, 2.75) is 59.0 Å². The summed E-state index contributed by atoms with van der Waals surface area (Å²) in [6, 6.07) is 6.33. The molecule has 2 atom stereocenters. The SMILES string of the molecule is CC1CC1(C=O)c1ccc2c(c1)OC(C)(C)C=C2C(C)(C)C. The number of aldehydes is 1. The zero-order valence-corrected chi connectivity index (χ0v) is 14.5. The zero-order chi connectivity index (χ0) is 16.3. The van der Waals surface area contributed by atoms with Crippen LogP contribution in [0.3, 0.4) is 0 Å². The fraction of sp³-hybridized carbons (Fsp3) is 0.550. The summed E-state index contributed by atoms with van der Waals surface area (Å²) in [4.78, 5) is 11.6. The summed E-state index contributed by atoms with van der Waals surface area (Å²) in [6.07, 6.45) is 4.29. The minimum Gasteiger partial charge on any atom is -0.483 e. The van der Waals surface area contributed by atoms with Crippen LogP contribution in [0.4, 0.5) is 0 Å². The van der Waals surface area contributed by atoms with Crippen molar-refractivity contribution in [3.8, 4) is 5.75 Å². The smallest absolute Gasteiger partial charge is 0.130 e. The molecule has 1 fully saturated rings. The van der Waals surface area contributed by atoms with Gasteiger partial charge in [-0.3, -0.25) is 0 Å². The number of fused-ring (bicyclic) bond motifs is 1. The van der Waals surface area contributed by atoms with Crippen molar-refractivity contribution in [2.24, 2.45) is 11.3 Å². The largest absolute Gasteiger partial charge is 0.483 e. The fourth-order valence-corrected chi connectivity index (χ4v) is 3.56. The Morgan fingerprint density at radius 3 is 2.41 bits per heavy atom. The maximum atomic E-state index is 11.6. The lowest BCUT2D eigenvalue weighted by atomic mass is 9.77. The molecular formula is C20H26O2. The molecule has 1 aliphatic heterocycles. The molecule has 0 saturated heterocycles. The predicted molar refractivity (Wildman–Crippen MR) is 90.1 cm³/mol. The van der Waals surface area contributed by atoms with Crippen LogP contribution in [0.1, 0.15) is 59.1 Å². The van der Waals surface area contributed by atoms with Crippen molar-refractivity contribution in [3.05, 3.63) is 35.4 Å². The second-order valence-corrected chi connectivity index (χ2v) is 8.49. The topological polar surface area (TPSA) is 26.3 Å². The van der Waals surface area contributed by atoms with Gasteiger partial charge in [0.2, 0.25) is 0 Å². The third-order valence-electron chi connectivity index (χ3n) is 5.06. The third-order valence-corrected chi connectivity index (χ3v) is 5.06. The molecule has 1 aliphatic carbocycles. The number of carbonyl (C=O) groups excluding carboxylic acids is 1. The average molecular weight is 298 g/mol. The highest BCUT2D eigenvalue weighted by Gasteiger charge is 2.53. The van der Waals surface area contributed by atoms with Gasteiger partial charge in [-0.2, -0.15) is 0 Å². The Hall–Kier alpha value is -1.57. The Bertz CT molecular complexity index is 661. The maximum Gasteiger partial charge on any atom is 0.130 e. The monoisotopic (exact) mass is 298 g/mol. The van der Waals surface area contributed by atoms with Crippen LogP contribution in [0.2, 0.25) is 0 Å². The highest BCUT2D eigenvalue weighted by atomic mass is 16.5. The highest BCUT2D eigenvalue weighted by molar-refractivity contribution is 5.79. The quantitative estimate of drug-likeness (QED) is 0.736. The van der Waals surface area contributed by atoms with Gasteiger partial charge in [0.15, 0.2) is 0 Å². The molecule has 1 aromatic rings. The molecule has 118 valence electrons. The molecule has 0 bridgehead atoms. The van der Waals surface area contributed by atoms with Crippen molar-refractivity contribution in [3.63, 3.8) is 0 Å². The minimum absolute atomic E-state index is 0.0620. The van der Waals surface area contributed by atoms with Gasteiger partial charge >= 0.3 is 0 Å². The number of carbonyl (C=O) groups is 1. The Kier molecular flexibility index (Phi) is 3.11. The Balaban J connectivity index is 2.11. The minimum atomic E-state index is -0.322. The first-order valence-corrected chi connectivity index (χ1v) is 8.13. The summed E-state index contributed by atoms with van der Waals surface area (Å²) in [5, 5.41) is 0. The first-order chi connectivity index (χ1) is 10.1. The number of rotatable bonds is 2. The van der Waals surface area contributed by atoms with E-state index in [0.717, 1.165) is 29.6 Å². The zero-order valence-electron chi connectivity index (χ0n) is 14.5. The Labute approximate surface area is 133 Å². The van der Waals surface area contributed by atoms with E-state index in [1.807, 2.05) is 0 Å². The first kappa shape index (κ1) is 15.3. The maximum absolute atomic E-state index is 11.6. The van der Waals surface area contributed by atoms with Crippen LogP contribution in [0.5, 0.6) is 5.75 Å². The summed E-state index contributed by atoms with van der Waals surface area (Å²) in [6.45, 7) is 13.0. The van der Waals surface area contributed by atoms with Crippen LogP contribution in [0.25, 0.3) is 5.57 Å². The number of hydrogen-bond donors (Lipinski definition) is 0. The van der Waals surface area contributed by atoms with Gasteiger partial charge in [0.05, 0.1) is 5.41 Å². The normalized spacial score (nSPS) is 29.2. The van der Waals surface area contributed by atoms with E-state index in [1.165, 1.54) is 5.57 Å². The van der Waals surface area contributed by atoms with Crippen molar-refractivity contribution >= 4 is 11.9 Å². The molecule has 0 amide bonds. The van der Waals surface area contributed by atoms with Gasteiger partial charge < -0.3 is 9.53 Å². The lowest BCUT2D eigenvalue weighted by Crippen LogP contribution is -2.31. The van der Waals surface area contributed by atoms with Gasteiger partial charge in [-0.1, -0.05) is 39.8 Å². The van der Waals surface area contributed by atoms with Crippen molar-refractivity contribution in [1.29, 1.82) is 0 Å². The third kappa shape index (κ3) is 2.29. The van der Waals surface area contributed by atoms with E-state index in [9.17, 15) is 4.79 Å². The van der Waals surface area contributed by atoms with Gasteiger partial charge in [-0.15, -0.1) is 0 Å². The molecule has 2 aliphatic rings. The van der Waals surface area contributed by atoms with E-state index in [0.29, 0.717) is 5.92 Å². The molecule has 2 heteroatoms. The molecular weight excluding hydrogens is 272 g/mol. The molecule has 1 heterocycles. The highest BCUT2D eigenvalue weighted by Crippen LogP contribution is 2.54. The van der Waals surface area contributed by atoms with Crippen molar-refractivity contribution in [1.82, 2.24) is 0 Å². The Morgan fingerprint density at radius 1 is 1.27 bits per heavy atom. The molecule has 1 saturated carbocycles. The fourth-order valence-electron chi connectivity index (χ4n) is 3.56. The van der Waals surface area contributed by atoms with Gasteiger partial charge in [0.25, 0.3) is 0 Å². The molecule has 0 radical (unpaired) electrons. The van der Waals surface area contributed by atoms with E-state index >= 15 is 0 Å². The first-order valence-electron chi connectivity index (χ1n) is 8.13. The molecule has 0 spiro atoms. The Morgan fingerprint density at radius 2 is 1.91 bits per heavy atom. The lowest BCUT2D eigenvalue weighted by molar-refractivity contribution is -0.110. The van der Waals surface area contributed by atoms with Gasteiger partial charge in [0, 0.05) is 5.56 Å². The molecule has 3 rings (SSSR count). The van der Waals surface area contributed by atoms with Gasteiger partial charge in [-0.25, -0.2) is 0 Å². The lowest BCUT2D eigenvalue weighted by Gasteiger charge is -2.36. The standard InChI is InChI=1S/C20H26O2/c1-13-10-20(13,12-21)14-7-8-15-16(18(2,3)4)11-19(5,6)22-17(15)9-14/h7-9,11-13H,10H2,1-6H3. The van der Waals surface area contributed by atoms with E-state index in [-0.39, 0.29) is 16.4 Å². The van der Waals surface area contributed by atoms with Crippen LogP contribution in [0, 0.1) is 11.3 Å². The molecule has 1 aromatic carbocycles. The summed E-state index contributed by atoms with van der Waals surface area (Å²) in [7, 11) is 0. The van der Waals surface area contributed by atoms with E-state index in [4.69, 9.17) is 4.74 Å². The van der Waals surface area contributed by atoms with E-state index in [2.05, 4.69) is 65.8 Å². The van der Waals surface area contributed by atoms with Crippen LogP contribution in [-0.4, -0.2) is 11.9 Å². The molecule has 2 nitrogen and oxygen atoms in total. The molecule has 0 N–H and O–H groups in total. The van der Waals surface area contributed by atoms with Crippen LogP contribution < -0.4 is 4.74 Å². The molecule has 0 aromatic heterocycles. The second-order valence-electron chi connectivity index (χ2n) is 8.49. The molecule has 2 unspecified atom stereocenters. The van der Waals surface area contributed by atoms with E-state index in [1.54, 1.807) is 0 Å². The average Bonchev–Trinajstić information content (AvgIpc) is 3.07. The second kappa shape index (κ2) is 4.47. The van der Waals surface area contributed by atoms with Gasteiger partial charge in [-0.05, 0) is 54.9 Å². The summed E-state index contributed by atoms with van der Waals surface area (Å²) >= 11 is 0. The van der Waals surface area contributed by atoms with Crippen LogP contribution in [-0.2, 0) is 10.2 Å². The summed E-state index contributed by atoms with van der Waals surface area (Å²) in [5.74, 6) is 1.34. The van der Waals surface area contributed by atoms with Gasteiger partial charge in [0.1, 0.15) is 17.6 Å². The number of allylic oxidation sites excluding steroid dienone is 1. The summed E-state index contributed by atoms with van der Waals surface area (Å²) < 4.78 is 6.20.